The molecule has 0 bridgehead atoms. The number of hydrogen-bond acceptors (Lipinski definition) is 5. The summed E-state index contributed by atoms with van der Waals surface area (Å²) in [4.78, 5) is 34.9. The lowest BCUT2D eigenvalue weighted by Gasteiger charge is -2.29. The van der Waals surface area contributed by atoms with Crippen LogP contribution < -0.4 is 4.90 Å². The number of esters is 1. The summed E-state index contributed by atoms with van der Waals surface area (Å²) in [6.07, 6.45) is 2.30. The largest absolute Gasteiger partial charge is 0.462 e. The van der Waals surface area contributed by atoms with Crippen LogP contribution in [0.15, 0.2) is 36.5 Å². The third kappa shape index (κ3) is 5.51. The monoisotopic (exact) mass is 448 g/mol. The molecule has 0 aliphatic carbocycles. The van der Waals surface area contributed by atoms with E-state index in [-0.39, 0.29) is 30.2 Å². The van der Waals surface area contributed by atoms with Gasteiger partial charge >= 0.3 is 12.0 Å². The zero-order valence-corrected chi connectivity index (χ0v) is 18.6. The molecule has 7 nitrogen and oxygen atoms in total. The molecule has 1 aromatic heterocycles. The molecule has 1 aliphatic rings. The maximum Gasteiger partial charge on any atom is 0.339 e. The molecule has 0 spiro atoms. The Hall–Kier alpha value is -2.71. The molecule has 2 aromatic rings. The number of likely N-dealkylation sites (N-methyl/N-ethyl adjacent to an activating group) is 1. The van der Waals surface area contributed by atoms with E-state index in [2.05, 4.69) is 9.88 Å². The summed E-state index contributed by atoms with van der Waals surface area (Å²) in [5.41, 5.74) is 1.38. The number of benzene rings is 1. The quantitative estimate of drug-likeness (QED) is 0.628. The SMILES string of the molecule is CCOC(=O)c1ccc(CN(C(=O)N2CC[C@H](N(C)C)C2)c2ccc(F)c(Cl)c2)nc1. The van der Waals surface area contributed by atoms with Crippen molar-refractivity contribution in [1.82, 2.24) is 14.8 Å². The van der Waals surface area contributed by atoms with E-state index in [0.717, 1.165) is 6.42 Å². The van der Waals surface area contributed by atoms with Crippen molar-refractivity contribution >= 4 is 29.3 Å². The number of aromatic nitrogens is 1. The number of pyridine rings is 1. The lowest BCUT2D eigenvalue weighted by Crippen LogP contribution is -2.43. The van der Waals surface area contributed by atoms with Crippen LogP contribution in [-0.2, 0) is 11.3 Å². The first-order chi connectivity index (χ1) is 14.8. The van der Waals surface area contributed by atoms with Crippen LogP contribution in [-0.4, -0.2) is 66.6 Å². The number of urea groups is 1. The van der Waals surface area contributed by atoms with E-state index in [1.807, 2.05) is 14.1 Å². The first kappa shape index (κ1) is 23.0. The molecule has 1 fully saturated rings. The molecule has 1 aliphatic heterocycles. The zero-order valence-electron chi connectivity index (χ0n) is 17.8. The van der Waals surface area contributed by atoms with E-state index in [4.69, 9.17) is 16.3 Å². The van der Waals surface area contributed by atoms with Gasteiger partial charge < -0.3 is 14.5 Å². The van der Waals surface area contributed by atoms with E-state index in [0.29, 0.717) is 30.0 Å². The second-order valence-electron chi connectivity index (χ2n) is 7.58. The predicted octanol–water partition coefficient (Wildman–Crippen LogP) is 3.81. The average Bonchev–Trinajstić information content (AvgIpc) is 3.25. The highest BCUT2D eigenvalue weighted by Crippen LogP contribution is 2.26. The maximum atomic E-state index is 13.7. The highest BCUT2D eigenvalue weighted by molar-refractivity contribution is 6.31. The average molecular weight is 449 g/mol. The summed E-state index contributed by atoms with van der Waals surface area (Å²) < 4.78 is 18.7. The van der Waals surface area contributed by atoms with Gasteiger partial charge in [0.05, 0.1) is 29.4 Å². The smallest absolute Gasteiger partial charge is 0.339 e. The third-order valence-electron chi connectivity index (χ3n) is 5.27. The molecule has 1 atom stereocenters. The molecule has 0 radical (unpaired) electrons. The first-order valence-electron chi connectivity index (χ1n) is 10.1. The number of likely N-dealkylation sites (tertiary alicyclic amines) is 1. The molecular weight excluding hydrogens is 423 g/mol. The van der Waals surface area contributed by atoms with Crippen LogP contribution >= 0.6 is 11.6 Å². The number of halogens is 2. The summed E-state index contributed by atoms with van der Waals surface area (Å²) in [6.45, 7) is 3.38. The lowest BCUT2D eigenvalue weighted by molar-refractivity contribution is 0.0526. The van der Waals surface area contributed by atoms with Gasteiger partial charge in [-0.15, -0.1) is 0 Å². The first-order valence-corrected chi connectivity index (χ1v) is 10.5. The van der Waals surface area contributed by atoms with Crippen molar-refractivity contribution in [2.24, 2.45) is 0 Å². The Morgan fingerprint density at radius 2 is 2.06 bits per heavy atom. The van der Waals surface area contributed by atoms with Crippen LogP contribution in [0.4, 0.5) is 14.9 Å². The predicted molar refractivity (Wildman–Crippen MR) is 117 cm³/mol. The van der Waals surface area contributed by atoms with E-state index < -0.39 is 11.8 Å². The number of ether oxygens (including phenoxy) is 1. The summed E-state index contributed by atoms with van der Waals surface area (Å²) in [5.74, 6) is -1.00. The van der Waals surface area contributed by atoms with Gasteiger partial charge in [-0.25, -0.2) is 14.0 Å². The fourth-order valence-electron chi connectivity index (χ4n) is 3.45. The van der Waals surface area contributed by atoms with Crippen LogP contribution in [0.5, 0.6) is 0 Å². The maximum absolute atomic E-state index is 13.7. The van der Waals surface area contributed by atoms with E-state index in [1.54, 1.807) is 24.0 Å². The number of nitrogens with zero attached hydrogens (tertiary/aromatic N) is 4. The van der Waals surface area contributed by atoms with E-state index in [9.17, 15) is 14.0 Å². The number of rotatable bonds is 6. The standard InChI is InChI=1S/C22H26ClFN4O3/c1-4-31-21(29)15-5-6-16(25-12-15)13-28(17-7-8-20(24)19(23)11-17)22(30)27-10-9-18(14-27)26(2)3/h5-8,11-12,18H,4,9-10,13-14H2,1-3H3/t18-/m0/s1. The van der Waals surface area contributed by atoms with Crippen LogP contribution in [0.25, 0.3) is 0 Å². The van der Waals surface area contributed by atoms with Crippen molar-refractivity contribution in [1.29, 1.82) is 0 Å². The minimum absolute atomic E-state index is 0.0616. The Balaban J connectivity index is 1.85. The molecule has 3 rings (SSSR count). The molecule has 1 aromatic carbocycles. The zero-order chi connectivity index (χ0) is 22.5. The number of carbonyl (C=O) groups excluding carboxylic acids is 2. The van der Waals surface area contributed by atoms with Crippen molar-refractivity contribution in [3.8, 4) is 0 Å². The topological polar surface area (TPSA) is 66.0 Å². The number of carbonyl (C=O) groups is 2. The number of hydrogen-bond donors (Lipinski definition) is 0. The molecule has 2 heterocycles. The molecule has 0 N–H and O–H groups in total. The van der Waals surface area contributed by atoms with Gasteiger partial charge in [0.15, 0.2) is 0 Å². The summed E-state index contributed by atoms with van der Waals surface area (Å²) in [6, 6.07) is 7.55. The van der Waals surface area contributed by atoms with Gasteiger partial charge in [0.25, 0.3) is 0 Å². The Bertz CT molecular complexity index is 939. The van der Waals surface area contributed by atoms with Crippen molar-refractivity contribution in [2.45, 2.75) is 25.9 Å². The Morgan fingerprint density at radius 3 is 2.65 bits per heavy atom. The Labute approximate surface area is 186 Å². The molecule has 1 saturated heterocycles. The minimum Gasteiger partial charge on any atom is -0.462 e. The highest BCUT2D eigenvalue weighted by Gasteiger charge is 2.31. The van der Waals surface area contributed by atoms with Crippen molar-refractivity contribution in [2.75, 3.05) is 38.7 Å². The second kappa shape index (κ2) is 10.1. The molecule has 31 heavy (non-hydrogen) atoms. The van der Waals surface area contributed by atoms with Gasteiger partial charge in [-0.2, -0.15) is 0 Å². The molecule has 9 heteroatoms. The fourth-order valence-corrected chi connectivity index (χ4v) is 3.62. The summed E-state index contributed by atoms with van der Waals surface area (Å²) in [7, 11) is 3.98. The number of amides is 2. The van der Waals surface area contributed by atoms with Gasteiger partial charge in [0.2, 0.25) is 0 Å². The Kier molecular flexibility index (Phi) is 7.46. The van der Waals surface area contributed by atoms with Crippen LogP contribution in [0.3, 0.4) is 0 Å². The molecule has 2 amide bonds. The molecule has 0 saturated carbocycles. The van der Waals surface area contributed by atoms with Crippen LogP contribution in [0, 0.1) is 5.82 Å². The third-order valence-corrected chi connectivity index (χ3v) is 5.56. The van der Waals surface area contributed by atoms with Gasteiger partial charge in [-0.1, -0.05) is 11.6 Å². The molecule has 166 valence electrons. The molecule has 0 unspecified atom stereocenters. The van der Waals surface area contributed by atoms with Gasteiger partial charge in [-0.05, 0) is 57.8 Å². The van der Waals surface area contributed by atoms with Crippen molar-refractivity contribution in [3.05, 3.63) is 58.6 Å². The normalized spacial score (nSPS) is 15.9. The minimum atomic E-state index is -0.552. The summed E-state index contributed by atoms with van der Waals surface area (Å²) in [5, 5.41) is -0.0616. The van der Waals surface area contributed by atoms with Crippen LogP contribution in [0.2, 0.25) is 5.02 Å². The Morgan fingerprint density at radius 1 is 1.29 bits per heavy atom. The van der Waals surface area contributed by atoms with Crippen molar-refractivity contribution < 1.29 is 18.7 Å². The van der Waals surface area contributed by atoms with Crippen molar-refractivity contribution in [3.63, 3.8) is 0 Å². The van der Waals surface area contributed by atoms with Gasteiger partial charge in [0, 0.05) is 31.0 Å². The van der Waals surface area contributed by atoms with E-state index >= 15 is 0 Å². The highest BCUT2D eigenvalue weighted by atomic mass is 35.5. The van der Waals surface area contributed by atoms with Gasteiger partial charge in [0.1, 0.15) is 5.82 Å². The van der Waals surface area contributed by atoms with Crippen LogP contribution in [0.1, 0.15) is 29.4 Å². The number of anilines is 1. The molecular formula is C22H26ClFN4O3. The van der Waals surface area contributed by atoms with E-state index in [1.165, 1.54) is 29.3 Å². The fraction of sp³-hybridized carbons (Fsp3) is 0.409. The second-order valence-corrected chi connectivity index (χ2v) is 7.99. The van der Waals surface area contributed by atoms with Gasteiger partial charge in [-0.3, -0.25) is 9.88 Å². The summed E-state index contributed by atoms with van der Waals surface area (Å²) >= 11 is 5.98. The lowest BCUT2D eigenvalue weighted by atomic mass is 10.2.